The monoisotopic (exact) mass is 525 g/mol. The summed E-state index contributed by atoms with van der Waals surface area (Å²) in [6.07, 6.45) is 0.579. The van der Waals surface area contributed by atoms with E-state index in [1.807, 2.05) is 0 Å². The van der Waals surface area contributed by atoms with Crippen LogP contribution in [0.3, 0.4) is 0 Å². The topological polar surface area (TPSA) is 173 Å². The van der Waals surface area contributed by atoms with Crippen LogP contribution in [0.4, 0.5) is 0 Å². The number of carbonyl (C=O) groups excluding carboxylic acids is 3. The Balaban J connectivity index is 1.76. The molecule has 0 aliphatic heterocycles. The van der Waals surface area contributed by atoms with Crippen molar-refractivity contribution in [2.45, 2.75) is 38.3 Å². The van der Waals surface area contributed by atoms with Crippen LogP contribution in [0.1, 0.15) is 41.3 Å². The van der Waals surface area contributed by atoms with Crippen molar-refractivity contribution in [1.82, 2.24) is 10.2 Å². The number of likely N-dealkylation sites (N-methyl/N-ethyl adjacent to an activating group) is 1. The van der Waals surface area contributed by atoms with Crippen LogP contribution in [-0.4, -0.2) is 82.1 Å². The van der Waals surface area contributed by atoms with Crippen LogP contribution in [-0.2, 0) is 16.0 Å². The van der Waals surface area contributed by atoms with Crippen LogP contribution in [0, 0.1) is 17.8 Å². The quantitative estimate of drug-likeness (QED) is 0.216. The van der Waals surface area contributed by atoms with Crippen molar-refractivity contribution >= 4 is 23.2 Å². The van der Waals surface area contributed by atoms with Gasteiger partial charge >= 0.3 is 0 Å². The fourth-order valence-corrected chi connectivity index (χ4v) is 6.31. The van der Waals surface area contributed by atoms with Gasteiger partial charge in [-0.3, -0.25) is 19.3 Å². The summed E-state index contributed by atoms with van der Waals surface area (Å²) < 4.78 is 0. The van der Waals surface area contributed by atoms with E-state index in [-0.39, 0.29) is 58.3 Å². The number of fused-ring (bicyclic) bond motifs is 3. The molecule has 4 rings (SSSR count). The fourth-order valence-electron chi connectivity index (χ4n) is 6.31. The van der Waals surface area contributed by atoms with E-state index in [0.717, 1.165) is 0 Å². The number of hydrogen-bond acceptors (Lipinski definition) is 9. The molecule has 204 valence electrons. The number of primary amides is 1. The molecule has 0 bridgehead atoms. The number of aromatic hydroxyl groups is 1. The Morgan fingerprint density at radius 1 is 1.24 bits per heavy atom. The molecule has 1 aromatic carbocycles. The van der Waals surface area contributed by atoms with Gasteiger partial charge in [0.15, 0.2) is 11.6 Å². The lowest BCUT2D eigenvalue weighted by atomic mass is 9.58. The van der Waals surface area contributed by atoms with Crippen molar-refractivity contribution in [1.29, 1.82) is 0 Å². The molecule has 1 saturated carbocycles. The maximum atomic E-state index is 13.9. The average Bonchev–Trinajstić information content (AvgIpc) is 2.80. The van der Waals surface area contributed by atoms with Crippen LogP contribution >= 0.6 is 0 Å². The number of aliphatic hydroxyl groups is 3. The van der Waals surface area contributed by atoms with Crippen LogP contribution in [0.25, 0.3) is 5.76 Å². The summed E-state index contributed by atoms with van der Waals surface area (Å²) in [5.74, 6) is -4.25. The molecule has 3 aliphatic rings. The van der Waals surface area contributed by atoms with Gasteiger partial charge in [-0.15, -0.1) is 0 Å². The summed E-state index contributed by atoms with van der Waals surface area (Å²) >= 11 is 0. The van der Waals surface area contributed by atoms with Crippen LogP contribution in [0.15, 0.2) is 41.2 Å². The van der Waals surface area contributed by atoms with E-state index < -0.39 is 41.6 Å². The number of phenolic OH excluding ortho intramolecular Hbond substituents is 1. The highest BCUT2D eigenvalue weighted by molar-refractivity contribution is 6.10. The van der Waals surface area contributed by atoms with E-state index in [9.17, 15) is 34.8 Å². The minimum atomic E-state index is -0.888. The Kier molecular flexibility index (Phi) is 7.51. The number of hydrogen-bond donors (Lipinski definition) is 6. The Morgan fingerprint density at radius 3 is 2.53 bits per heavy atom. The minimum absolute atomic E-state index is 0.00660. The summed E-state index contributed by atoms with van der Waals surface area (Å²) in [5, 5.41) is 45.4. The third kappa shape index (κ3) is 4.53. The van der Waals surface area contributed by atoms with Gasteiger partial charge in [0.1, 0.15) is 17.3 Å². The molecule has 7 N–H and O–H groups in total. The number of allylic oxidation sites excluding steroid dienone is 1. The number of nitrogens with one attached hydrogen (secondary N) is 1. The van der Waals surface area contributed by atoms with Crippen molar-refractivity contribution in [3.63, 3.8) is 0 Å². The molecular formula is C28H35N3O7. The number of benzene rings is 1. The lowest BCUT2D eigenvalue weighted by Crippen LogP contribution is -2.52. The van der Waals surface area contributed by atoms with Gasteiger partial charge in [-0.2, -0.15) is 0 Å². The zero-order valence-electron chi connectivity index (χ0n) is 21.8. The highest BCUT2D eigenvalue weighted by Crippen LogP contribution is 2.52. The molecule has 0 aromatic heterocycles. The number of ketones is 2. The Hall–Kier alpha value is -3.47. The minimum Gasteiger partial charge on any atom is -0.510 e. The van der Waals surface area contributed by atoms with Gasteiger partial charge in [0.05, 0.1) is 35.7 Å². The lowest BCUT2D eigenvalue weighted by Gasteiger charge is -2.47. The third-order valence-corrected chi connectivity index (χ3v) is 7.94. The molecule has 1 fully saturated rings. The fraction of sp³-hybridized carbons (Fsp3) is 0.464. The standard InChI is InChI=1S/C28H35N3O7/c1-12(32)7-8-30-11-19(34)15-5-6-18(33)23-16(15)9-14-10-17-20(25(35)22(14)26(23)36)13(2)21(28(29)38)27(37)24(17)31(3)4/h5-6,12,14,17,20,24,30,32-33,36-37H,2,7-11H2,1,3-4H3,(H2,29,38)/t12?,14?,17?,20?,24-/m0/s1. The first-order valence-electron chi connectivity index (χ1n) is 12.7. The lowest BCUT2D eigenvalue weighted by molar-refractivity contribution is -0.123. The number of nitrogens with two attached hydrogens (primary N) is 1. The van der Waals surface area contributed by atoms with E-state index in [1.54, 1.807) is 25.9 Å². The first kappa shape index (κ1) is 27.6. The summed E-state index contributed by atoms with van der Waals surface area (Å²) in [6, 6.07) is 2.16. The molecule has 10 heteroatoms. The van der Waals surface area contributed by atoms with Gasteiger partial charge in [-0.1, -0.05) is 6.58 Å². The smallest absolute Gasteiger partial charge is 0.252 e. The second-order valence-corrected chi connectivity index (χ2v) is 10.7. The molecule has 4 unspecified atom stereocenters. The molecule has 0 saturated heterocycles. The summed E-state index contributed by atoms with van der Waals surface area (Å²) in [5.41, 5.74) is 6.44. The number of rotatable bonds is 8. The maximum Gasteiger partial charge on any atom is 0.252 e. The molecule has 0 spiro atoms. The van der Waals surface area contributed by atoms with E-state index in [1.165, 1.54) is 12.1 Å². The molecule has 0 heterocycles. The van der Waals surface area contributed by atoms with Gasteiger partial charge in [-0.05, 0) is 81.9 Å². The number of nitrogens with zero attached hydrogens (tertiary/aromatic N) is 1. The number of aliphatic hydroxyl groups excluding tert-OH is 3. The van der Waals surface area contributed by atoms with Crippen molar-refractivity contribution in [3.8, 4) is 5.75 Å². The molecular weight excluding hydrogens is 490 g/mol. The van der Waals surface area contributed by atoms with E-state index in [2.05, 4.69) is 11.9 Å². The molecule has 3 aliphatic carbocycles. The molecule has 10 nitrogen and oxygen atoms in total. The summed E-state index contributed by atoms with van der Waals surface area (Å²) in [4.78, 5) is 40.9. The average molecular weight is 526 g/mol. The van der Waals surface area contributed by atoms with Crippen molar-refractivity contribution in [2.75, 3.05) is 27.2 Å². The molecule has 38 heavy (non-hydrogen) atoms. The van der Waals surface area contributed by atoms with Crippen LogP contribution < -0.4 is 11.1 Å². The zero-order chi connectivity index (χ0) is 28.0. The SMILES string of the molecule is C=C1C(C(N)=O)=C(O)[C@@H](N(C)C)C2CC3Cc4c(C(=O)CNCCC(C)O)ccc(O)c4C(O)=C3C(=O)C12. The van der Waals surface area contributed by atoms with Crippen molar-refractivity contribution in [3.05, 3.63) is 57.9 Å². The zero-order valence-corrected chi connectivity index (χ0v) is 21.8. The van der Waals surface area contributed by atoms with Gasteiger partial charge in [0, 0.05) is 11.1 Å². The Morgan fingerprint density at radius 2 is 1.92 bits per heavy atom. The molecule has 1 aromatic rings. The number of Topliss-reactive ketones (excluding diaryl/α,β-unsaturated/α-hetero) is 2. The van der Waals surface area contributed by atoms with Crippen molar-refractivity contribution < 1.29 is 34.8 Å². The highest BCUT2D eigenvalue weighted by Gasteiger charge is 2.53. The van der Waals surface area contributed by atoms with E-state index in [0.29, 0.717) is 30.5 Å². The molecule has 0 radical (unpaired) electrons. The van der Waals surface area contributed by atoms with Crippen LogP contribution in [0.2, 0.25) is 0 Å². The normalized spacial score (nSPS) is 25.7. The second kappa shape index (κ2) is 10.4. The predicted octanol–water partition coefficient (Wildman–Crippen LogP) is 1.38. The van der Waals surface area contributed by atoms with Gasteiger partial charge in [0.25, 0.3) is 5.91 Å². The number of phenols is 1. The molecule has 5 atom stereocenters. The molecule has 1 amide bonds. The maximum absolute atomic E-state index is 13.9. The van der Waals surface area contributed by atoms with Gasteiger partial charge in [-0.25, -0.2) is 0 Å². The second-order valence-electron chi connectivity index (χ2n) is 10.7. The van der Waals surface area contributed by atoms with Gasteiger partial charge < -0.3 is 31.5 Å². The Labute approximate surface area is 221 Å². The predicted molar refractivity (Wildman–Crippen MR) is 140 cm³/mol. The number of amides is 1. The van der Waals surface area contributed by atoms with Crippen LogP contribution in [0.5, 0.6) is 5.75 Å². The first-order valence-corrected chi connectivity index (χ1v) is 12.7. The highest BCUT2D eigenvalue weighted by atomic mass is 16.3. The number of carbonyl (C=O) groups is 3. The summed E-state index contributed by atoms with van der Waals surface area (Å²) in [7, 11) is 3.46. The van der Waals surface area contributed by atoms with E-state index >= 15 is 0 Å². The Bertz CT molecular complexity index is 1280. The summed E-state index contributed by atoms with van der Waals surface area (Å²) in [6.45, 7) is 6.04. The van der Waals surface area contributed by atoms with Gasteiger partial charge in [0.2, 0.25) is 0 Å². The third-order valence-electron chi connectivity index (χ3n) is 7.94. The largest absolute Gasteiger partial charge is 0.510 e. The first-order chi connectivity index (χ1) is 17.9. The van der Waals surface area contributed by atoms with Crippen molar-refractivity contribution in [2.24, 2.45) is 23.5 Å². The van der Waals surface area contributed by atoms with E-state index in [4.69, 9.17) is 5.73 Å².